The van der Waals surface area contributed by atoms with E-state index < -0.39 is 0 Å². The summed E-state index contributed by atoms with van der Waals surface area (Å²) < 4.78 is 5.64. The predicted octanol–water partition coefficient (Wildman–Crippen LogP) is 2.92. The number of likely N-dealkylation sites (tertiary alicyclic amines) is 1. The molecule has 0 unspecified atom stereocenters. The lowest BCUT2D eigenvalue weighted by Crippen LogP contribution is -2.52. The third kappa shape index (κ3) is 5.38. The number of carbonyl (C=O) groups excluding carboxylic acids is 1. The number of nitrogens with one attached hydrogen (secondary N) is 1. The van der Waals surface area contributed by atoms with Gasteiger partial charge < -0.3 is 10.1 Å². The van der Waals surface area contributed by atoms with E-state index in [0.717, 1.165) is 30.8 Å². The van der Waals surface area contributed by atoms with Crippen molar-refractivity contribution in [3.63, 3.8) is 0 Å². The second-order valence-corrected chi connectivity index (χ2v) is 7.44. The van der Waals surface area contributed by atoms with Gasteiger partial charge in [-0.3, -0.25) is 9.69 Å². The molecule has 29 heavy (non-hydrogen) atoms. The van der Waals surface area contributed by atoms with E-state index in [2.05, 4.69) is 40.3 Å². The number of nitriles is 1. The number of ether oxygens (including phenoxy) is 1. The first kappa shape index (κ1) is 20.5. The molecular formula is C24H25N3O2. The summed E-state index contributed by atoms with van der Waals surface area (Å²) in [5.41, 5.74) is 3.39. The number of amides is 1. The molecule has 3 rings (SSSR count). The minimum atomic E-state index is 0.0171. The smallest absolute Gasteiger partial charge is 0.225 e. The number of nitrogens with zero attached hydrogens (tertiary/aromatic N) is 2. The normalized spacial score (nSPS) is 13.8. The van der Waals surface area contributed by atoms with Gasteiger partial charge in [0, 0.05) is 37.8 Å². The van der Waals surface area contributed by atoms with Crippen molar-refractivity contribution in [2.75, 3.05) is 20.1 Å². The summed E-state index contributed by atoms with van der Waals surface area (Å²) in [4.78, 5) is 13.8. The van der Waals surface area contributed by atoms with Crippen LogP contribution in [-0.4, -0.2) is 37.0 Å². The summed E-state index contributed by atoms with van der Waals surface area (Å²) in [6.45, 7) is 6.31. The molecule has 1 amide bonds. The average Bonchev–Trinajstić information content (AvgIpc) is 2.69. The highest BCUT2D eigenvalue weighted by molar-refractivity contribution is 5.79. The molecule has 0 aliphatic carbocycles. The quantitative estimate of drug-likeness (QED) is 0.801. The predicted molar refractivity (Wildman–Crippen MR) is 112 cm³/mol. The van der Waals surface area contributed by atoms with Gasteiger partial charge in [-0.1, -0.05) is 24.0 Å². The Labute approximate surface area is 172 Å². The van der Waals surface area contributed by atoms with Gasteiger partial charge in [-0.05, 0) is 49.7 Å². The summed E-state index contributed by atoms with van der Waals surface area (Å²) in [5.74, 6) is 7.07. The monoisotopic (exact) mass is 387 g/mol. The van der Waals surface area contributed by atoms with Crippen LogP contribution in [-0.2, 0) is 11.3 Å². The van der Waals surface area contributed by atoms with E-state index in [1.165, 1.54) is 5.56 Å². The molecule has 1 aliphatic rings. The number of carbonyl (C=O) groups is 1. The zero-order valence-electron chi connectivity index (χ0n) is 17.0. The van der Waals surface area contributed by atoms with Crippen molar-refractivity contribution in [2.24, 2.45) is 5.92 Å². The SMILES string of the molecule is CNC(=O)C1CN(Cc2ccc(C#Cc3ccc(OC(C)C)c(C#N)c3)cc2)C1. The lowest BCUT2D eigenvalue weighted by Gasteiger charge is -2.38. The molecule has 5 heteroatoms. The Morgan fingerprint density at radius 3 is 2.45 bits per heavy atom. The Bertz CT molecular complexity index is 972. The van der Waals surface area contributed by atoms with Gasteiger partial charge in [0.25, 0.3) is 0 Å². The minimum absolute atomic E-state index is 0.0171. The van der Waals surface area contributed by atoms with Crippen molar-refractivity contribution in [3.05, 3.63) is 64.7 Å². The van der Waals surface area contributed by atoms with E-state index in [0.29, 0.717) is 11.3 Å². The average molecular weight is 387 g/mol. The molecule has 2 aromatic rings. The van der Waals surface area contributed by atoms with Crippen LogP contribution in [0.5, 0.6) is 5.75 Å². The lowest BCUT2D eigenvalue weighted by molar-refractivity contribution is -0.129. The summed E-state index contributed by atoms with van der Waals surface area (Å²) in [7, 11) is 1.68. The molecule has 0 spiro atoms. The lowest BCUT2D eigenvalue weighted by atomic mass is 9.98. The van der Waals surface area contributed by atoms with Gasteiger partial charge in [-0.2, -0.15) is 5.26 Å². The molecule has 1 fully saturated rings. The number of rotatable bonds is 5. The van der Waals surface area contributed by atoms with Crippen molar-refractivity contribution >= 4 is 5.91 Å². The van der Waals surface area contributed by atoms with Crippen LogP contribution in [0.25, 0.3) is 0 Å². The number of hydrogen-bond donors (Lipinski definition) is 1. The van der Waals surface area contributed by atoms with E-state index in [-0.39, 0.29) is 17.9 Å². The fourth-order valence-electron chi connectivity index (χ4n) is 3.22. The van der Waals surface area contributed by atoms with Gasteiger partial charge in [0.05, 0.1) is 17.6 Å². The highest BCUT2D eigenvalue weighted by atomic mass is 16.5. The van der Waals surface area contributed by atoms with Crippen LogP contribution in [0.15, 0.2) is 42.5 Å². The zero-order chi connectivity index (χ0) is 20.8. The Kier molecular flexibility index (Phi) is 6.54. The maximum atomic E-state index is 11.6. The first-order valence-electron chi connectivity index (χ1n) is 9.74. The summed E-state index contributed by atoms with van der Waals surface area (Å²) in [6, 6.07) is 15.7. The van der Waals surface area contributed by atoms with Crippen molar-refractivity contribution in [2.45, 2.75) is 26.5 Å². The van der Waals surface area contributed by atoms with E-state index >= 15 is 0 Å². The molecule has 1 saturated heterocycles. The first-order chi connectivity index (χ1) is 14.0. The fraction of sp³-hybridized carbons (Fsp3) is 0.333. The molecule has 0 aromatic heterocycles. The van der Waals surface area contributed by atoms with E-state index in [1.807, 2.05) is 32.0 Å². The first-order valence-corrected chi connectivity index (χ1v) is 9.74. The number of benzene rings is 2. The van der Waals surface area contributed by atoms with E-state index in [4.69, 9.17) is 4.74 Å². The van der Waals surface area contributed by atoms with E-state index in [9.17, 15) is 10.1 Å². The standard InChI is InChI=1S/C24H25N3O2/c1-17(2)29-23-11-10-19(12-21(23)13-25)7-4-18-5-8-20(9-6-18)14-27-15-22(16-27)24(28)26-3/h5-6,8-12,17,22H,14-16H2,1-3H3,(H,26,28). The van der Waals surface area contributed by atoms with Gasteiger partial charge in [0.15, 0.2) is 0 Å². The highest BCUT2D eigenvalue weighted by Gasteiger charge is 2.31. The van der Waals surface area contributed by atoms with Gasteiger partial charge in [0.2, 0.25) is 5.91 Å². The Hall–Kier alpha value is -3.28. The van der Waals surface area contributed by atoms with Crippen molar-refractivity contribution in [3.8, 4) is 23.7 Å². The number of hydrogen-bond acceptors (Lipinski definition) is 4. The second kappa shape index (κ2) is 9.28. The van der Waals surface area contributed by atoms with Crippen LogP contribution in [0, 0.1) is 29.1 Å². The third-order valence-electron chi connectivity index (χ3n) is 4.75. The summed E-state index contributed by atoms with van der Waals surface area (Å²) >= 11 is 0. The maximum Gasteiger partial charge on any atom is 0.225 e. The molecule has 0 atom stereocenters. The minimum Gasteiger partial charge on any atom is -0.490 e. The van der Waals surface area contributed by atoms with Crippen LogP contribution in [0.1, 0.15) is 36.1 Å². The van der Waals surface area contributed by atoms with Crippen LogP contribution >= 0.6 is 0 Å². The molecule has 148 valence electrons. The Morgan fingerprint density at radius 2 is 1.83 bits per heavy atom. The van der Waals surface area contributed by atoms with Crippen LogP contribution in [0.2, 0.25) is 0 Å². The van der Waals surface area contributed by atoms with Gasteiger partial charge in [-0.15, -0.1) is 0 Å². The third-order valence-corrected chi connectivity index (χ3v) is 4.75. The zero-order valence-corrected chi connectivity index (χ0v) is 17.0. The van der Waals surface area contributed by atoms with Gasteiger partial charge >= 0.3 is 0 Å². The molecule has 0 saturated carbocycles. The van der Waals surface area contributed by atoms with Crippen LogP contribution < -0.4 is 10.1 Å². The Morgan fingerprint density at radius 1 is 1.17 bits per heavy atom. The largest absolute Gasteiger partial charge is 0.490 e. The summed E-state index contributed by atoms with van der Waals surface area (Å²) in [6.07, 6.45) is 0.0171. The van der Waals surface area contributed by atoms with Crippen LogP contribution in [0.4, 0.5) is 0 Å². The highest BCUT2D eigenvalue weighted by Crippen LogP contribution is 2.21. The van der Waals surface area contributed by atoms with Crippen LogP contribution in [0.3, 0.4) is 0 Å². The van der Waals surface area contributed by atoms with Crippen molar-refractivity contribution < 1.29 is 9.53 Å². The topological polar surface area (TPSA) is 65.4 Å². The molecular weight excluding hydrogens is 362 g/mol. The molecule has 1 N–H and O–H groups in total. The van der Waals surface area contributed by atoms with E-state index in [1.54, 1.807) is 19.2 Å². The molecule has 1 heterocycles. The van der Waals surface area contributed by atoms with Gasteiger partial charge in [0.1, 0.15) is 11.8 Å². The molecule has 0 radical (unpaired) electrons. The summed E-state index contributed by atoms with van der Waals surface area (Å²) in [5, 5.41) is 12.0. The second-order valence-electron chi connectivity index (χ2n) is 7.44. The van der Waals surface area contributed by atoms with Crippen molar-refractivity contribution in [1.82, 2.24) is 10.2 Å². The van der Waals surface area contributed by atoms with Gasteiger partial charge in [-0.25, -0.2) is 0 Å². The molecule has 1 aliphatic heterocycles. The fourth-order valence-corrected chi connectivity index (χ4v) is 3.22. The molecule has 0 bridgehead atoms. The molecule has 2 aromatic carbocycles. The Balaban J connectivity index is 1.60. The molecule has 5 nitrogen and oxygen atoms in total. The van der Waals surface area contributed by atoms with Crippen molar-refractivity contribution in [1.29, 1.82) is 5.26 Å². The maximum absolute atomic E-state index is 11.6.